The average molecular weight is 416 g/mol. The van der Waals surface area contributed by atoms with Crippen molar-refractivity contribution in [3.05, 3.63) is 46.1 Å². The summed E-state index contributed by atoms with van der Waals surface area (Å²) in [4.78, 5) is 24.0. The molecule has 7 heteroatoms. The van der Waals surface area contributed by atoms with Gasteiger partial charge in [0.2, 0.25) is 5.91 Å². The SMILES string of the molecule is COc1ccc(CCNC(=O)C(C)Sc2nc(C)nc3sc(C)c(C)c23)cc1. The third-order valence-corrected chi connectivity index (χ3v) is 6.82. The standard InChI is InChI=1S/C21H25N3O2S2/c1-12-13(2)27-20-18(12)21(24-15(4)23-20)28-14(3)19(25)22-11-10-16-6-8-17(26-5)9-7-16/h6-9,14H,10-11H2,1-5H3,(H,22,25). The lowest BCUT2D eigenvalue weighted by molar-refractivity contribution is -0.120. The fourth-order valence-electron chi connectivity index (χ4n) is 2.89. The van der Waals surface area contributed by atoms with E-state index in [1.165, 1.54) is 27.8 Å². The maximum atomic E-state index is 12.6. The van der Waals surface area contributed by atoms with Gasteiger partial charge in [-0.1, -0.05) is 23.9 Å². The first-order valence-electron chi connectivity index (χ1n) is 9.20. The van der Waals surface area contributed by atoms with Crippen LogP contribution in [0.2, 0.25) is 0 Å². The zero-order chi connectivity index (χ0) is 20.3. The molecule has 3 aromatic rings. The van der Waals surface area contributed by atoms with Crippen LogP contribution in [0.1, 0.15) is 28.8 Å². The summed E-state index contributed by atoms with van der Waals surface area (Å²) in [6.07, 6.45) is 0.785. The molecule has 0 saturated carbocycles. The van der Waals surface area contributed by atoms with Crippen molar-refractivity contribution in [1.29, 1.82) is 0 Å². The van der Waals surface area contributed by atoms with Gasteiger partial charge in [0.25, 0.3) is 0 Å². The fraction of sp³-hybridized carbons (Fsp3) is 0.381. The first kappa shape index (κ1) is 20.6. The number of hydrogen-bond acceptors (Lipinski definition) is 6. The number of rotatable bonds is 7. The summed E-state index contributed by atoms with van der Waals surface area (Å²) >= 11 is 3.18. The number of methoxy groups -OCH3 is 1. The predicted molar refractivity (Wildman–Crippen MR) is 117 cm³/mol. The zero-order valence-corrected chi connectivity index (χ0v) is 18.5. The molecule has 1 amide bonds. The van der Waals surface area contributed by atoms with Crippen molar-refractivity contribution in [2.24, 2.45) is 0 Å². The quantitative estimate of drug-likeness (QED) is 0.456. The van der Waals surface area contributed by atoms with E-state index in [1.54, 1.807) is 18.4 Å². The van der Waals surface area contributed by atoms with Crippen LogP contribution in [0.3, 0.4) is 0 Å². The maximum absolute atomic E-state index is 12.6. The lowest BCUT2D eigenvalue weighted by Gasteiger charge is -2.13. The van der Waals surface area contributed by atoms with Gasteiger partial charge in [-0.15, -0.1) is 11.3 Å². The minimum atomic E-state index is -0.229. The van der Waals surface area contributed by atoms with Crippen LogP contribution in [-0.4, -0.2) is 34.8 Å². The number of amides is 1. The van der Waals surface area contributed by atoms with Crippen molar-refractivity contribution in [3.8, 4) is 5.75 Å². The molecule has 0 saturated heterocycles. The summed E-state index contributed by atoms with van der Waals surface area (Å²) in [5.74, 6) is 1.60. The minimum absolute atomic E-state index is 0.0209. The third-order valence-electron chi connectivity index (χ3n) is 4.64. The van der Waals surface area contributed by atoms with E-state index in [1.807, 2.05) is 38.1 Å². The molecule has 1 N–H and O–H groups in total. The van der Waals surface area contributed by atoms with E-state index in [2.05, 4.69) is 29.1 Å². The molecule has 0 fully saturated rings. The first-order valence-corrected chi connectivity index (χ1v) is 10.9. The molecule has 0 aliphatic rings. The highest BCUT2D eigenvalue weighted by molar-refractivity contribution is 8.00. The summed E-state index contributed by atoms with van der Waals surface area (Å²) in [5.41, 5.74) is 2.37. The fourth-order valence-corrected chi connectivity index (χ4v) is 5.10. The summed E-state index contributed by atoms with van der Waals surface area (Å²) in [7, 11) is 1.65. The van der Waals surface area contributed by atoms with Gasteiger partial charge in [0.05, 0.1) is 12.4 Å². The molecule has 0 spiro atoms. The Balaban J connectivity index is 1.62. The highest BCUT2D eigenvalue weighted by Crippen LogP contribution is 2.36. The van der Waals surface area contributed by atoms with Gasteiger partial charge in [-0.05, 0) is 57.4 Å². The molecular weight excluding hydrogens is 390 g/mol. The van der Waals surface area contributed by atoms with E-state index < -0.39 is 0 Å². The Bertz CT molecular complexity index is 983. The number of thiophene rings is 1. The topological polar surface area (TPSA) is 64.1 Å². The smallest absolute Gasteiger partial charge is 0.233 e. The number of aromatic nitrogens is 2. The zero-order valence-electron chi connectivity index (χ0n) is 16.8. The summed E-state index contributed by atoms with van der Waals surface area (Å²) in [5, 5.41) is 4.77. The monoisotopic (exact) mass is 415 g/mol. The maximum Gasteiger partial charge on any atom is 0.233 e. The Morgan fingerprint density at radius 3 is 2.61 bits per heavy atom. The van der Waals surface area contributed by atoms with Crippen LogP contribution in [0.5, 0.6) is 5.75 Å². The Hall–Kier alpha value is -2.12. The molecule has 0 bridgehead atoms. The molecule has 0 radical (unpaired) electrons. The first-order chi connectivity index (χ1) is 13.4. The van der Waals surface area contributed by atoms with Gasteiger partial charge in [-0.25, -0.2) is 9.97 Å². The molecule has 1 aromatic carbocycles. The number of hydrogen-bond donors (Lipinski definition) is 1. The highest BCUT2D eigenvalue weighted by atomic mass is 32.2. The number of nitrogens with zero attached hydrogens (tertiary/aromatic N) is 2. The molecule has 148 valence electrons. The van der Waals surface area contributed by atoms with E-state index >= 15 is 0 Å². The minimum Gasteiger partial charge on any atom is -0.497 e. The van der Waals surface area contributed by atoms with Crippen molar-refractivity contribution in [2.45, 2.75) is 44.4 Å². The summed E-state index contributed by atoms with van der Waals surface area (Å²) < 4.78 is 5.17. The molecule has 5 nitrogen and oxygen atoms in total. The molecular formula is C21H25N3O2S2. The molecule has 2 aromatic heterocycles. The van der Waals surface area contributed by atoms with Gasteiger partial charge >= 0.3 is 0 Å². The molecule has 0 aliphatic carbocycles. The van der Waals surface area contributed by atoms with Gasteiger partial charge < -0.3 is 10.1 Å². The third kappa shape index (κ3) is 4.64. The molecule has 2 heterocycles. The number of carbonyl (C=O) groups is 1. The lowest BCUT2D eigenvalue weighted by Crippen LogP contribution is -2.32. The van der Waals surface area contributed by atoms with Crippen molar-refractivity contribution >= 4 is 39.2 Å². The van der Waals surface area contributed by atoms with E-state index in [0.717, 1.165) is 33.2 Å². The van der Waals surface area contributed by atoms with Gasteiger partial charge in [0.1, 0.15) is 21.4 Å². The number of carbonyl (C=O) groups excluding carboxylic acids is 1. The van der Waals surface area contributed by atoms with Gasteiger partial charge in [0.15, 0.2) is 0 Å². The van der Waals surface area contributed by atoms with E-state index in [0.29, 0.717) is 6.54 Å². The Morgan fingerprint density at radius 1 is 1.21 bits per heavy atom. The number of aryl methyl sites for hydroxylation is 3. The highest BCUT2D eigenvalue weighted by Gasteiger charge is 2.20. The molecule has 28 heavy (non-hydrogen) atoms. The van der Waals surface area contributed by atoms with Crippen molar-refractivity contribution in [3.63, 3.8) is 0 Å². The second kappa shape index (κ2) is 8.92. The number of ether oxygens (including phenoxy) is 1. The predicted octanol–water partition coefficient (Wildman–Crippen LogP) is 4.46. The van der Waals surface area contributed by atoms with Crippen LogP contribution in [-0.2, 0) is 11.2 Å². The number of thioether (sulfide) groups is 1. The number of fused-ring (bicyclic) bond motifs is 1. The van der Waals surface area contributed by atoms with Crippen LogP contribution in [0, 0.1) is 20.8 Å². The van der Waals surface area contributed by atoms with Gasteiger partial charge in [-0.2, -0.15) is 0 Å². The van der Waals surface area contributed by atoms with Crippen molar-refractivity contribution in [2.75, 3.05) is 13.7 Å². The molecule has 1 atom stereocenters. The Labute approximate surface area is 173 Å². The van der Waals surface area contributed by atoms with E-state index in [4.69, 9.17) is 4.74 Å². The van der Waals surface area contributed by atoms with Crippen LogP contribution < -0.4 is 10.1 Å². The normalized spacial score (nSPS) is 12.2. The Morgan fingerprint density at radius 2 is 1.93 bits per heavy atom. The van der Waals surface area contributed by atoms with Gasteiger partial charge in [-0.3, -0.25) is 4.79 Å². The number of benzene rings is 1. The second-order valence-electron chi connectivity index (χ2n) is 6.69. The van der Waals surface area contributed by atoms with E-state index in [9.17, 15) is 4.79 Å². The van der Waals surface area contributed by atoms with Crippen LogP contribution >= 0.6 is 23.1 Å². The summed E-state index contributed by atoms with van der Waals surface area (Å²) in [6, 6.07) is 7.91. The van der Waals surface area contributed by atoms with Gasteiger partial charge in [0, 0.05) is 16.8 Å². The van der Waals surface area contributed by atoms with Crippen molar-refractivity contribution < 1.29 is 9.53 Å². The van der Waals surface area contributed by atoms with Crippen LogP contribution in [0.4, 0.5) is 0 Å². The lowest BCUT2D eigenvalue weighted by atomic mass is 10.1. The second-order valence-corrected chi connectivity index (χ2v) is 9.22. The summed E-state index contributed by atoms with van der Waals surface area (Å²) in [6.45, 7) is 8.61. The van der Waals surface area contributed by atoms with Crippen LogP contribution in [0.15, 0.2) is 29.3 Å². The molecule has 3 rings (SSSR count). The number of nitrogens with one attached hydrogen (secondary N) is 1. The van der Waals surface area contributed by atoms with E-state index in [-0.39, 0.29) is 11.2 Å². The van der Waals surface area contributed by atoms with Crippen LogP contribution in [0.25, 0.3) is 10.2 Å². The largest absolute Gasteiger partial charge is 0.497 e. The average Bonchev–Trinajstić information content (AvgIpc) is 2.95. The Kier molecular flexibility index (Phi) is 6.57. The van der Waals surface area contributed by atoms with Crippen molar-refractivity contribution in [1.82, 2.24) is 15.3 Å². The molecule has 1 unspecified atom stereocenters. The molecule has 0 aliphatic heterocycles.